The Morgan fingerprint density at radius 2 is 0.932 bits per heavy atom. The third kappa shape index (κ3) is 10.5. The van der Waals surface area contributed by atoms with Crippen LogP contribution in [0.3, 0.4) is 0 Å². The Kier molecular flexibility index (Phi) is 14.5. The first-order chi connectivity index (χ1) is 27.4. The molecule has 8 N–H and O–H groups in total. The molecule has 0 fully saturated rings. The number of rotatable bonds is 10. The van der Waals surface area contributed by atoms with Crippen LogP contribution in [0.15, 0.2) is 105 Å². The van der Waals surface area contributed by atoms with Crippen molar-refractivity contribution in [3.63, 3.8) is 0 Å². The minimum Gasteiger partial charge on any atom is -0.506 e. The fourth-order valence-corrected chi connectivity index (χ4v) is 7.01. The number of amides is 2. The Morgan fingerprint density at radius 1 is 0.559 bits per heavy atom. The summed E-state index contributed by atoms with van der Waals surface area (Å²) in [5.74, 6) is -1.95. The first-order valence-corrected chi connectivity index (χ1v) is 19.9. The number of ketones is 2. The molecule has 18 nitrogen and oxygen atoms in total. The molecule has 59 heavy (non-hydrogen) atoms. The van der Waals surface area contributed by atoms with Crippen molar-refractivity contribution in [1.82, 2.24) is 9.44 Å². The van der Waals surface area contributed by atoms with E-state index in [1.165, 1.54) is 76.5 Å². The van der Waals surface area contributed by atoms with E-state index in [9.17, 15) is 46.2 Å². The standard InChI is InChI=1S/2C19H18N4O5S.Cr/c2*1-11(24)21-14-5-3-4-12-6-8-17(26)19(18(12)14)23-22-15-10-13(7-9-16(15)25)29(27,28)20-2;/h2*3-10,20,22,25H,1-2H3,(H,21,24);. The third-order valence-electron chi connectivity index (χ3n) is 8.25. The number of phenolic OH excluding ortho intramolecular Hbond substituents is 2. The van der Waals surface area contributed by atoms with E-state index in [1.54, 1.807) is 48.6 Å². The van der Waals surface area contributed by atoms with Crippen LogP contribution in [-0.4, -0.2) is 75.9 Å². The quantitative estimate of drug-likeness (QED) is 0.0842. The number of nitrogens with one attached hydrogen (secondary N) is 6. The summed E-state index contributed by atoms with van der Waals surface area (Å²) in [7, 11) is -4.94. The van der Waals surface area contributed by atoms with Crippen LogP contribution in [-0.2, 0) is 56.6 Å². The molecule has 0 aromatic heterocycles. The maximum Gasteiger partial charge on any atom is 0.240 e. The predicted octanol–water partition coefficient (Wildman–Crippen LogP) is 3.34. The monoisotopic (exact) mass is 880 g/mol. The molecule has 0 bridgehead atoms. The summed E-state index contributed by atoms with van der Waals surface area (Å²) in [6, 6.07) is 17.5. The van der Waals surface area contributed by atoms with Gasteiger partial charge in [-0.3, -0.25) is 30.0 Å². The second-order valence-corrected chi connectivity index (χ2v) is 16.0. The summed E-state index contributed by atoms with van der Waals surface area (Å²) in [4.78, 5) is 47.7. The second-order valence-electron chi connectivity index (χ2n) is 12.2. The number of nitrogens with zero attached hydrogens (tertiary/aromatic N) is 2. The van der Waals surface area contributed by atoms with Crippen LogP contribution >= 0.6 is 0 Å². The average molecular weight is 881 g/mol. The van der Waals surface area contributed by atoms with Gasteiger partial charge in [0.25, 0.3) is 0 Å². The zero-order valence-electron chi connectivity index (χ0n) is 31.5. The summed E-state index contributed by atoms with van der Waals surface area (Å²) >= 11 is 0. The summed E-state index contributed by atoms with van der Waals surface area (Å²) in [6.07, 6.45) is 5.89. The number of hydrogen-bond donors (Lipinski definition) is 8. The van der Waals surface area contributed by atoms with E-state index in [0.717, 1.165) is 0 Å². The number of sulfonamides is 2. The molecule has 0 spiro atoms. The summed E-state index contributed by atoms with van der Waals surface area (Å²) in [5.41, 5.74) is 8.10. The molecule has 0 heterocycles. The van der Waals surface area contributed by atoms with E-state index in [2.05, 4.69) is 41.1 Å². The number of hydrogen-bond acceptors (Lipinski definition) is 14. The molecule has 0 atom stereocenters. The van der Waals surface area contributed by atoms with E-state index < -0.39 is 31.6 Å². The van der Waals surface area contributed by atoms with Crippen LogP contribution in [0.4, 0.5) is 22.7 Å². The predicted molar refractivity (Wildman–Crippen MR) is 219 cm³/mol. The fraction of sp³-hybridized carbons (Fsp3) is 0.105. The van der Waals surface area contributed by atoms with Crippen LogP contribution in [0.5, 0.6) is 11.5 Å². The van der Waals surface area contributed by atoms with Crippen molar-refractivity contribution < 1.29 is 63.6 Å². The number of benzene rings is 4. The Hall–Kier alpha value is -6.47. The van der Waals surface area contributed by atoms with Crippen LogP contribution in [0.25, 0.3) is 12.2 Å². The minimum absolute atomic E-state index is 0. The molecule has 0 radical (unpaired) electrons. The number of phenols is 2. The molecule has 6 rings (SSSR count). The van der Waals surface area contributed by atoms with Gasteiger partial charge in [0, 0.05) is 42.3 Å². The average Bonchev–Trinajstić information content (AvgIpc) is 3.18. The first-order valence-electron chi connectivity index (χ1n) is 16.9. The number of hydrazone groups is 2. The van der Waals surface area contributed by atoms with Crippen molar-refractivity contribution in [1.29, 1.82) is 0 Å². The number of aromatic hydroxyl groups is 2. The normalized spacial score (nSPS) is 14.3. The number of allylic oxidation sites excluding steroid dienone is 2. The fourth-order valence-electron chi connectivity index (χ4n) is 5.50. The number of fused-ring (bicyclic) bond motifs is 2. The van der Waals surface area contributed by atoms with Gasteiger partial charge < -0.3 is 20.8 Å². The molecule has 0 unspecified atom stereocenters. The van der Waals surface area contributed by atoms with Gasteiger partial charge in [0.15, 0.2) is 0 Å². The Balaban J connectivity index is 0.000000256. The van der Waals surface area contributed by atoms with Crippen molar-refractivity contribution in [3.05, 3.63) is 107 Å². The topological polar surface area (TPSA) is 274 Å². The van der Waals surface area contributed by atoms with Gasteiger partial charge in [-0.1, -0.05) is 36.4 Å². The molecule has 21 heteroatoms. The van der Waals surface area contributed by atoms with Gasteiger partial charge in [-0.2, -0.15) is 10.2 Å². The van der Waals surface area contributed by atoms with Crippen LogP contribution in [0.2, 0.25) is 0 Å². The zero-order valence-corrected chi connectivity index (χ0v) is 34.4. The summed E-state index contributed by atoms with van der Waals surface area (Å²) in [5, 5.41) is 33.6. The molecule has 0 saturated heterocycles. The van der Waals surface area contributed by atoms with Gasteiger partial charge in [0.05, 0.1) is 32.5 Å². The molecule has 4 aromatic carbocycles. The number of carbonyl (C=O) groups excluding carboxylic acids is 4. The molecule has 0 saturated carbocycles. The molecule has 306 valence electrons. The van der Waals surface area contributed by atoms with Crippen molar-refractivity contribution in [2.24, 2.45) is 10.2 Å². The molecule has 2 amide bonds. The van der Waals surface area contributed by atoms with Gasteiger partial charge in [0.2, 0.25) is 43.4 Å². The van der Waals surface area contributed by atoms with Crippen LogP contribution < -0.4 is 30.9 Å². The zero-order chi connectivity index (χ0) is 42.4. The Labute approximate surface area is 349 Å². The Morgan fingerprint density at radius 3 is 1.27 bits per heavy atom. The first kappa shape index (κ1) is 45.2. The van der Waals surface area contributed by atoms with Gasteiger partial charge in [-0.15, -0.1) is 0 Å². The molecular weight excluding hydrogens is 845 g/mol. The van der Waals surface area contributed by atoms with E-state index in [4.69, 9.17) is 0 Å². The van der Waals surface area contributed by atoms with Crippen LogP contribution in [0, 0.1) is 0 Å². The van der Waals surface area contributed by atoms with Crippen molar-refractivity contribution in [3.8, 4) is 11.5 Å². The SMILES string of the molecule is CNS(=O)(=O)c1ccc(O)c(NN=C2C(=O)C=Cc3cccc(NC(C)=O)c32)c1.CNS(=O)(=O)c1ccc(O)c(NN=C2C(=O)C=Cc3cccc(NC(C)=O)c32)c1.[Cr]. The maximum atomic E-state index is 12.4. The largest absolute Gasteiger partial charge is 0.506 e. The molecule has 2 aliphatic carbocycles. The number of carbonyl (C=O) groups is 4. The van der Waals surface area contributed by atoms with Crippen LogP contribution in [0.1, 0.15) is 36.1 Å². The van der Waals surface area contributed by atoms with Gasteiger partial charge in [-0.05, 0) is 85.9 Å². The third-order valence-corrected chi connectivity index (χ3v) is 11.1. The maximum absolute atomic E-state index is 12.4. The molecule has 0 aliphatic heterocycles. The van der Waals surface area contributed by atoms with Gasteiger partial charge in [0.1, 0.15) is 22.9 Å². The molecular formula is C38H36CrN8O10S2. The molecule has 4 aromatic rings. The van der Waals surface area contributed by atoms with E-state index in [-0.39, 0.29) is 73.3 Å². The van der Waals surface area contributed by atoms with Gasteiger partial charge in [-0.25, -0.2) is 26.3 Å². The smallest absolute Gasteiger partial charge is 0.240 e. The molecule has 2 aliphatic rings. The summed E-state index contributed by atoms with van der Waals surface area (Å²) in [6.45, 7) is 2.70. The minimum atomic E-state index is -3.74. The van der Waals surface area contributed by atoms with Gasteiger partial charge >= 0.3 is 0 Å². The van der Waals surface area contributed by atoms with Crippen molar-refractivity contribution >= 4 is 89.8 Å². The van der Waals surface area contributed by atoms with E-state index in [1.807, 2.05) is 0 Å². The second kappa shape index (κ2) is 18.9. The van der Waals surface area contributed by atoms with E-state index >= 15 is 0 Å². The number of anilines is 4. The van der Waals surface area contributed by atoms with E-state index in [0.29, 0.717) is 33.6 Å². The Bertz CT molecular complexity index is 2530. The van der Waals surface area contributed by atoms with Crippen molar-refractivity contribution in [2.75, 3.05) is 35.6 Å². The summed E-state index contributed by atoms with van der Waals surface area (Å²) < 4.78 is 52.3. The van der Waals surface area contributed by atoms with Crippen molar-refractivity contribution in [2.45, 2.75) is 23.6 Å².